The van der Waals surface area contributed by atoms with Gasteiger partial charge in [-0.3, -0.25) is 0 Å². The van der Waals surface area contributed by atoms with Gasteiger partial charge in [0.25, 0.3) is 0 Å². The van der Waals surface area contributed by atoms with E-state index in [9.17, 15) is 9.59 Å². The summed E-state index contributed by atoms with van der Waals surface area (Å²) in [5.41, 5.74) is -0.588. The first kappa shape index (κ1) is 15.8. The van der Waals surface area contributed by atoms with E-state index in [2.05, 4.69) is 10.6 Å². The molecule has 2 N–H and O–H groups in total. The summed E-state index contributed by atoms with van der Waals surface area (Å²) in [6, 6.07) is -0.660. The zero-order valence-electron chi connectivity index (χ0n) is 12.1. The SMILES string of the molecule is COC(=O)[C@@H](NC(=O)OC(C)(C)C)[C@H]1CCCNC1. The van der Waals surface area contributed by atoms with Gasteiger partial charge in [0, 0.05) is 12.5 Å². The molecule has 1 aliphatic rings. The van der Waals surface area contributed by atoms with E-state index < -0.39 is 23.7 Å². The van der Waals surface area contributed by atoms with Crippen LogP contribution in [-0.2, 0) is 14.3 Å². The molecular formula is C13H24N2O4. The topological polar surface area (TPSA) is 76.7 Å². The normalized spacial score (nSPS) is 21.4. The monoisotopic (exact) mass is 272 g/mol. The summed E-state index contributed by atoms with van der Waals surface area (Å²) < 4.78 is 9.94. The van der Waals surface area contributed by atoms with Gasteiger partial charge in [-0.15, -0.1) is 0 Å². The summed E-state index contributed by atoms with van der Waals surface area (Å²) in [7, 11) is 1.32. The number of methoxy groups -OCH3 is 1. The average molecular weight is 272 g/mol. The fourth-order valence-electron chi connectivity index (χ4n) is 2.09. The van der Waals surface area contributed by atoms with Crippen molar-refractivity contribution in [2.24, 2.45) is 5.92 Å². The molecule has 0 bridgehead atoms. The van der Waals surface area contributed by atoms with Crippen LogP contribution in [0.25, 0.3) is 0 Å². The summed E-state index contributed by atoms with van der Waals surface area (Å²) in [5.74, 6) is -0.395. The van der Waals surface area contributed by atoms with Crippen molar-refractivity contribution in [2.45, 2.75) is 45.3 Å². The van der Waals surface area contributed by atoms with Crippen LogP contribution >= 0.6 is 0 Å². The van der Waals surface area contributed by atoms with Crippen molar-refractivity contribution in [3.8, 4) is 0 Å². The van der Waals surface area contributed by atoms with Crippen molar-refractivity contribution in [2.75, 3.05) is 20.2 Å². The van der Waals surface area contributed by atoms with Crippen LogP contribution in [0.4, 0.5) is 4.79 Å². The van der Waals surface area contributed by atoms with Crippen molar-refractivity contribution >= 4 is 12.1 Å². The fourth-order valence-corrected chi connectivity index (χ4v) is 2.09. The summed E-state index contributed by atoms with van der Waals surface area (Å²) in [6.45, 7) is 6.97. The predicted molar refractivity (Wildman–Crippen MR) is 70.8 cm³/mol. The lowest BCUT2D eigenvalue weighted by molar-refractivity contribution is -0.144. The largest absolute Gasteiger partial charge is 0.467 e. The second-order valence-corrected chi connectivity index (χ2v) is 5.75. The van der Waals surface area contributed by atoms with Crippen LogP contribution < -0.4 is 10.6 Å². The minimum absolute atomic E-state index is 0.0359. The summed E-state index contributed by atoms with van der Waals surface area (Å²) in [4.78, 5) is 23.6. The Morgan fingerprint density at radius 1 is 1.37 bits per heavy atom. The number of nitrogens with one attached hydrogen (secondary N) is 2. The van der Waals surface area contributed by atoms with Crippen LogP contribution in [0.15, 0.2) is 0 Å². The molecule has 110 valence electrons. The number of alkyl carbamates (subject to hydrolysis) is 1. The molecule has 0 aromatic heterocycles. The lowest BCUT2D eigenvalue weighted by Crippen LogP contribution is -2.52. The number of hydrogen-bond acceptors (Lipinski definition) is 5. The Morgan fingerprint density at radius 3 is 2.53 bits per heavy atom. The molecule has 2 atom stereocenters. The summed E-state index contributed by atoms with van der Waals surface area (Å²) >= 11 is 0. The molecule has 0 aliphatic carbocycles. The van der Waals surface area contributed by atoms with Crippen LogP contribution in [0, 0.1) is 5.92 Å². The average Bonchev–Trinajstić information content (AvgIpc) is 2.34. The first-order valence-corrected chi connectivity index (χ1v) is 6.61. The quantitative estimate of drug-likeness (QED) is 0.751. The number of amides is 1. The predicted octanol–water partition coefficient (Wildman–Crippen LogP) is 1.05. The van der Waals surface area contributed by atoms with Gasteiger partial charge in [-0.25, -0.2) is 9.59 Å². The minimum atomic E-state index is -0.660. The number of esters is 1. The zero-order valence-corrected chi connectivity index (χ0v) is 12.1. The van der Waals surface area contributed by atoms with Gasteiger partial charge in [0.15, 0.2) is 0 Å². The molecule has 1 fully saturated rings. The van der Waals surface area contributed by atoms with Crippen molar-refractivity contribution in [1.82, 2.24) is 10.6 Å². The van der Waals surface area contributed by atoms with E-state index in [-0.39, 0.29) is 5.92 Å². The summed E-state index contributed by atoms with van der Waals surface area (Å²) in [5, 5.41) is 5.83. The van der Waals surface area contributed by atoms with Gasteiger partial charge in [0.1, 0.15) is 11.6 Å². The van der Waals surface area contributed by atoms with E-state index in [0.717, 1.165) is 19.4 Å². The molecule has 0 spiro atoms. The molecule has 0 radical (unpaired) electrons. The van der Waals surface area contributed by atoms with Gasteiger partial charge in [0.05, 0.1) is 7.11 Å². The Labute approximate surface area is 114 Å². The molecule has 1 amide bonds. The minimum Gasteiger partial charge on any atom is -0.467 e. The third-order valence-corrected chi connectivity index (χ3v) is 2.93. The Kier molecular flexibility index (Phi) is 5.60. The Hall–Kier alpha value is -1.30. The second kappa shape index (κ2) is 6.75. The lowest BCUT2D eigenvalue weighted by Gasteiger charge is -2.30. The van der Waals surface area contributed by atoms with Gasteiger partial charge in [-0.2, -0.15) is 0 Å². The molecule has 1 aliphatic heterocycles. The third-order valence-electron chi connectivity index (χ3n) is 2.93. The Balaban J connectivity index is 2.64. The number of carbonyl (C=O) groups is 2. The van der Waals surface area contributed by atoms with Gasteiger partial charge in [0.2, 0.25) is 0 Å². The highest BCUT2D eigenvalue weighted by molar-refractivity contribution is 5.81. The van der Waals surface area contributed by atoms with E-state index in [1.165, 1.54) is 7.11 Å². The maximum Gasteiger partial charge on any atom is 0.408 e. The van der Waals surface area contributed by atoms with Crippen molar-refractivity contribution in [3.63, 3.8) is 0 Å². The number of hydrogen-bond donors (Lipinski definition) is 2. The van der Waals surface area contributed by atoms with E-state index in [4.69, 9.17) is 9.47 Å². The maximum absolute atomic E-state index is 11.8. The van der Waals surface area contributed by atoms with Gasteiger partial charge in [-0.05, 0) is 40.2 Å². The highest BCUT2D eigenvalue weighted by atomic mass is 16.6. The molecule has 1 rings (SSSR count). The molecule has 6 nitrogen and oxygen atoms in total. The van der Waals surface area contributed by atoms with Crippen LogP contribution in [0.2, 0.25) is 0 Å². The lowest BCUT2D eigenvalue weighted by atomic mass is 9.92. The number of ether oxygens (including phenoxy) is 2. The highest BCUT2D eigenvalue weighted by Gasteiger charge is 2.33. The molecule has 6 heteroatoms. The molecule has 0 unspecified atom stereocenters. The molecule has 0 saturated carbocycles. The van der Waals surface area contributed by atoms with Crippen LogP contribution in [0.5, 0.6) is 0 Å². The molecule has 1 heterocycles. The Morgan fingerprint density at radius 2 is 2.05 bits per heavy atom. The highest BCUT2D eigenvalue weighted by Crippen LogP contribution is 2.16. The molecule has 19 heavy (non-hydrogen) atoms. The van der Waals surface area contributed by atoms with Gasteiger partial charge < -0.3 is 20.1 Å². The van der Waals surface area contributed by atoms with Crippen molar-refractivity contribution in [1.29, 1.82) is 0 Å². The van der Waals surface area contributed by atoms with E-state index >= 15 is 0 Å². The van der Waals surface area contributed by atoms with Crippen molar-refractivity contribution in [3.05, 3.63) is 0 Å². The van der Waals surface area contributed by atoms with E-state index in [1.54, 1.807) is 20.8 Å². The summed E-state index contributed by atoms with van der Waals surface area (Å²) in [6.07, 6.45) is 1.27. The molecule has 1 saturated heterocycles. The van der Waals surface area contributed by atoms with Crippen LogP contribution in [-0.4, -0.2) is 43.9 Å². The van der Waals surface area contributed by atoms with Gasteiger partial charge in [-0.1, -0.05) is 0 Å². The second-order valence-electron chi connectivity index (χ2n) is 5.75. The maximum atomic E-state index is 11.8. The zero-order chi connectivity index (χ0) is 14.5. The molecule has 0 aromatic carbocycles. The first-order valence-electron chi connectivity index (χ1n) is 6.61. The Bertz CT molecular complexity index is 319. The number of rotatable bonds is 3. The molecule has 0 aromatic rings. The van der Waals surface area contributed by atoms with Gasteiger partial charge >= 0.3 is 12.1 Å². The standard InChI is InChI=1S/C13H24N2O4/c1-13(2,3)19-12(17)15-10(11(16)18-4)9-6-5-7-14-8-9/h9-10,14H,5-8H2,1-4H3,(H,15,17)/t9-,10-/m0/s1. The van der Waals surface area contributed by atoms with Crippen LogP contribution in [0.3, 0.4) is 0 Å². The van der Waals surface area contributed by atoms with Crippen molar-refractivity contribution < 1.29 is 19.1 Å². The first-order chi connectivity index (χ1) is 8.83. The van der Waals surface area contributed by atoms with Crippen LogP contribution in [0.1, 0.15) is 33.6 Å². The number of piperidine rings is 1. The van der Waals surface area contributed by atoms with E-state index in [0.29, 0.717) is 6.54 Å². The fraction of sp³-hybridized carbons (Fsp3) is 0.846. The van der Waals surface area contributed by atoms with E-state index in [1.807, 2.05) is 0 Å². The smallest absolute Gasteiger partial charge is 0.408 e. The number of carbonyl (C=O) groups excluding carboxylic acids is 2. The third kappa shape index (κ3) is 5.46. The molecular weight excluding hydrogens is 248 g/mol.